The minimum atomic E-state index is -0.552. The molecule has 0 radical (unpaired) electrons. The van der Waals surface area contributed by atoms with Crippen molar-refractivity contribution >= 4 is 5.97 Å². The predicted molar refractivity (Wildman–Crippen MR) is 126 cm³/mol. The molecule has 2 aromatic carbocycles. The number of hydrogen-bond acceptors (Lipinski definition) is 10. The third-order valence-corrected chi connectivity index (χ3v) is 5.55. The minimum Gasteiger partial charge on any atom is -0.489 e. The van der Waals surface area contributed by atoms with Crippen molar-refractivity contribution < 1.29 is 27.7 Å². The standard InChI is InChI=1S/C26H22N4O6/c1-15-21(16(2)35-29-15)13-32-20-11-7-10-19(12-20)26(31)33-14-22-27-28-25(34-22)23-17(3)36-30-24(23)18-8-5-4-6-9-18/h4-12H,13-14H2,1-3H3. The molecule has 182 valence electrons. The van der Waals surface area contributed by atoms with Gasteiger partial charge in [-0.1, -0.05) is 46.7 Å². The largest absolute Gasteiger partial charge is 0.489 e. The topological polar surface area (TPSA) is 127 Å². The van der Waals surface area contributed by atoms with Crippen LogP contribution >= 0.6 is 0 Å². The van der Waals surface area contributed by atoms with Crippen molar-refractivity contribution in [2.24, 2.45) is 0 Å². The Labute approximate surface area is 205 Å². The molecular weight excluding hydrogens is 464 g/mol. The van der Waals surface area contributed by atoms with Gasteiger partial charge in [-0.05, 0) is 39.0 Å². The maximum absolute atomic E-state index is 12.6. The number of carbonyl (C=O) groups excluding carboxylic acids is 1. The molecule has 0 bridgehead atoms. The van der Waals surface area contributed by atoms with Crippen LogP contribution in [0.15, 0.2) is 68.1 Å². The lowest BCUT2D eigenvalue weighted by Crippen LogP contribution is -2.06. The molecule has 3 heterocycles. The highest BCUT2D eigenvalue weighted by Gasteiger charge is 2.22. The first-order valence-corrected chi connectivity index (χ1v) is 11.2. The summed E-state index contributed by atoms with van der Waals surface area (Å²) in [5, 5.41) is 16.1. The van der Waals surface area contributed by atoms with E-state index < -0.39 is 5.97 Å². The maximum Gasteiger partial charge on any atom is 0.338 e. The van der Waals surface area contributed by atoms with E-state index in [1.54, 1.807) is 31.2 Å². The van der Waals surface area contributed by atoms with Gasteiger partial charge in [0.15, 0.2) is 6.61 Å². The monoisotopic (exact) mass is 486 g/mol. The van der Waals surface area contributed by atoms with Gasteiger partial charge in [-0.2, -0.15) is 0 Å². The van der Waals surface area contributed by atoms with Gasteiger partial charge in [-0.25, -0.2) is 4.79 Å². The molecule has 0 unspecified atom stereocenters. The number of esters is 1. The molecule has 36 heavy (non-hydrogen) atoms. The van der Waals surface area contributed by atoms with Gasteiger partial charge in [0.25, 0.3) is 11.8 Å². The Morgan fingerprint density at radius 2 is 1.69 bits per heavy atom. The first-order valence-electron chi connectivity index (χ1n) is 11.2. The van der Waals surface area contributed by atoms with Gasteiger partial charge in [-0.3, -0.25) is 0 Å². The molecule has 0 aliphatic heterocycles. The minimum absolute atomic E-state index is 0.142. The first kappa shape index (κ1) is 23.0. The van der Waals surface area contributed by atoms with E-state index in [1.165, 1.54) is 0 Å². The van der Waals surface area contributed by atoms with Crippen molar-refractivity contribution in [2.45, 2.75) is 34.0 Å². The van der Waals surface area contributed by atoms with Gasteiger partial charge in [0, 0.05) is 5.56 Å². The summed E-state index contributed by atoms with van der Waals surface area (Å²) in [5.41, 5.74) is 4.00. The zero-order valence-corrected chi connectivity index (χ0v) is 19.8. The fourth-order valence-electron chi connectivity index (χ4n) is 3.62. The number of nitrogens with zero attached hydrogens (tertiary/aromatic N) is 4. The molecule has 5 aromatic rings. The average Bonchev–Trinajstić information content (AvgIpc) is 3.60. The molecule has 5 rings (SSSR count). The van der Waals surface area contributed by atoms with Crippen LogP contribution in [0.4, 0.5) is 0 Å². The quantitative estimate of drug-likeness (QED) is 0.269. The molecule has 0 amide bonds. The van der Waals surface area contributed by atoms with E-state index in [9.17, 15) is 4.79 Å². The van der Waals surface area contributed by atoms with E-state index in [1.807, 2.05) is 44.2 Å². The summed E-state index contributed by atoms with van der Waals surface area (Å²) in [6.45, 7) is 5.51. The summed E-state index contributed by atoms with van der Waals surface area (Å²) >= 11 is 0. The van der Waals surface area contributed by atoms with Gasteiger partial charge in [0.2, 0.25) is 0 Å². The van der Waals surface area contributed by atoms with Crippen molar-refractivity contribution in [3.05, 3.63) is 88.8 Å². The van der Waals surface area contributed by atoms with Gasteiger partial charge < -0.3 is 22.9 Å². The van der Waals surface area contributed by atoms with E-state index in [4.69, 9.17) is 22.9 Å². The highest BCUT2D eigenvalue weighted by molar-refractivity contribution is 5.89. The van der Waals surface area contributed by atoms with Crippen LogP contribution < -0.4 is 4.74 Å². The van der Waals surface area contributed by atoms with Crippen molar-refractivity contribution in [3.8, 4) is 28.5 Å². The number of hydrogen-bond donors (Lipinski definition) is 0. The van der Waals surface area contributed by atoms with E-state index in [2.05, 4.69) is 20.5 Å². The number of aryl methyl sites for hydroxylation is 3. The molecule has 0 atom stereocenters. The number of carbonyl (C=O) groups is 1. The van der Waals surface area contributed by atoms with Crippen LogP contribution in [0.3, 0.4) is 0 Å². The summed E-state index contributed by atoms with van der Waals surface area (Å²) in [6, 6.07) is 16.2. The van der Waals surface area contributed by atoms with E-state index in [0.29, 0.717) is 34.1 Å². The number of aromatic nitrogens is 4. The second-order valence-corrected chi connectivity index (χ2v) is 8.02. The maximum atomic E-state index is 12.6. The average molecular weight is 486 g/mol. The van der Waals surface area contributed by atoms with E-state index in [0.717, 1.165) is 16.8 Å². The molecular formula is C26H22N4O6. The fourth-order valence-corrected chi connectivity index (χ4v) is 3.62. The van der Waals surface area contributed by atoms with Crippen LogP contribution in [0.2, 0.25) is 0 Å². The molecule has 0 aliphatic rings. The van der Waals surface area contributed by atoms with Crippen molar-refractivity contribution in [3.63, 3.8) is 0 Å². The summed E-state index contributed by atoms with van der Waals surface area (Å²) in [5.74, 6) is 1.57. The SMILES string of the molecule is Cc1noc(C)c1COc1cccc(C(=O)OCc2nnc(-c3c(-c4ccccc4)noc3C)o2)c1. The highest BCUT2D eigenvalue weighted by Crippen LogP contribution is 2.33. The summed E-state index contributed by atoms with van der Waals surface area (Å²) in [4.78, 5) is 12.6. The lowest BCUT2D eigenvalue weighted by atomic mass is 10.1. The smallest absolute Gasteiger partial charge is 0.338 e. The molecule has 0 saturated heterocycles. The van der Waals surface area contributed by atoms with Crippen LogP contribution in [0, 0.1) is 20.8 Å². The van der Waals surface area contributed by atoms with Gasteiger partial charge in [-0.15, -0.1) is 10.2 Å². The van der Waals surface area contributed by atoms with Crippen LogP contribution in [-0.4, -0.2) is 26.5 Å². The van der Waals surface area contributed by atoms with Crippen LogP contribution in [-0.2, 0) is 18.0 Å². The van der Waals surface area contributed by atoms with Crippen LogP contribution in [0.25, 0.3) is 22.7 Å². The molecule has 10 heteroatoms. The Hall–Kier alpha value is -4.73. The van der Waals surface area contributed by atoms with Crippen molar-refractivity contribution in [1.29, 1.82) is 0 Å². The zero-order chi connectivity index (χ0) is 25.1. The molecule has 10 nitrogen and oxygen atoms in total. The van der Waals surface area contributed by atoms with Gasteiger partial charge in [0.05, 0.1) is 16.8 Å². The third kappa shape index (κ3) is 4.74. The first-order chi connectivity index (χ1) is 17.5. The predicted octanol–water partition coefficient (Wildman–Crippen LogP) is 5.24. The molecule has 3 aromatic heterocycles. The van der Waals surface area contributed by atoms with Gasteiger partial charge in [0.1, 0.15) is 35.1 Å². The van der Waals surface area contributed by atoms with Crippen LogP contribution in [0.1, 0.15) is 39.0 Å². The third-order valence-electron chi connectivity index (χ3n) is 5.55. The summed E-state index contributed by atoms with van der Waals surface area (Å²) < 4.78 is 27.4. The lowest BCUT2D eigenvalue weighted by molar-refractivity contribution is 0.0438. The number of benzene rings is 2. The molecule has 0 N–H and O–H groups in total. The Bertz CT molecular complexity index is 1480. The molecule has 0 aliphatic carbocycles. The Morgan fingerprint density at radius 3 is 2.47 bits per heavy atom. The van der Waals surface area contributed by atoms with E-state index in [-0.39, 0.29) is 25.0 Å². The number of rotatable bonds is 8. The second kappa shape index (κ2) is 9.87. The lowest BCUT2D eigenvalue weighted by Gasteiger charge is -2.08. The number of ether oxygens (including phenoxy) is 2. The normalized spacial score (nSPS) is 11.0. The van der Waals surface area contributed by atoms with Gasteiger partial charge >= 0.3 is 5.97 Å². The van der Waals surface area contributed by atoms with E-state index >= 15 is 0 Å². The summed E-state index contributed by atoms with van der Waals surface area (Å²) in [7, 11) is 0. The molecule has 0 saturated carbocycles. The van der Waals surface area contributed by atoms with Crippen molar-refractivity contribution in [2.75, 3.05) is 0 Å². The summed E-state index contributed by atoms with van der Waals surface area (Å²) in [6.07, 6.45) is 0. The zero-order valence-electron chi connectivity index (χ0n) is 19.8. The Morgan fingerprint density at radius 1 is 0.889 bits per heavy atom. The molecule has 0 spiro atoms. The Kier molecular flexibility index (Phi) is 6.31. The van der Waals surface area contributed by atoms with Crippen LogP contribution in [0.5, 0.6) is 5.75 Å². The molecule has 0 fully saturated rings. The fraction of sp³-hybridized carbons (Fsp3) is 0.192. The second-order valence-electron chi connectivity index (χ2n) is 8.02. The highest BCUT2D eigenvalue weighted by atomic mass is 16.5. The van der Waals surface area contributed by atoms with Crippen molar-refractivity contribution in [1.82, 2.24) is 20.5 Å². The Balaban J connectivity index is 1.24.